The Morgan fingerprint density at radius 1 is 1.60 bits per heavy atom. The summed E-state index contributed by atoms with van der Waals surface area (Å²) in [6.45, 7) is 5.29. The summed E-state index contributed by atoms with van der Waals surface area (Å²) in [5, 5.41) is 3.00. The monoisotopic (exact) mass is 279 g/mol. The van der Waals surface area contributed by atoms with Gasteiger partial charge in [0.25, 0.3) is 0 Å². The van der Waals surface area contributed by atoms with Gasteiger partial charge < -0.3 is 14.6 Å². The number of imidazole rings is 1. The maximum absolute atomic E-state index is 11.8. The van der Waals surface area contributed by atoms with Crippen LogP contribution in [0.15, 0.2) is 12.4 Å². The van der Waals surface area contributed by atoms with Crippen molar-refractivity contribution in [1.29, 1.82) is 0 Å². The summed E-state index contributed by atoms with van der Waals surface area (Å²) in [6.07, 6.45) is 8.55. The summed E-state index contributed by atoms with van der Waals surface area (Å²) in [6, 6.07) is 0. The van der Waals surface area contributed by atoms with E-state index in [1.54, 1.807) is 6.20 Å². The number of nitrogens with one attached hydrogen (secondary N) is 1. The zero-order valence-electron chi connectivity index (χ0n) is 12.3. The van der Waals surface area contributed by atoms with Gasteiger partial charge in [-0.15, -0.1) is 0 Å². The largest absolute Gasteiger partial charge is 0.381 e. The molecule has 0 spiro atoms. The number of aromatic nitrogens is 2. The van der Waals surface area contributed by atoms with Crippen molar-refractivity contribution >= 4 is 5.91 Å². The molecule has 0 saturated carbocycles. The van der Waals surface area contributed by atoms with Crippen molar-refractivity contribution in [3.05, 3.63) is 18.2 Å². The van der Waals surface area contributed by atoms with Crippen molar-refractivity contribution in [2.45, 2.75) is 45.6 Å². The fourth-order valence-corrected chi connectivity index (χ4v) is 2.62. The van der Waals surface area contributed by atoms with Gasteiger partial charge in [0.2, 0.25) is 5.91 Å². The predicted molar refractivity (Wildman–Crippen MR) is 77.4 cm³/mol. The molecular weight excluding hydrogens is 254 g/mol. The van der Waals surface area contributed by atoms with E-state index in [-0.39, 0.29) is 5.91 Å². The van der Waals surface area contributed by atoms with Crippen LogP contribution < -0.4 is 5.32 Å². The van der Waals surface area contributed by atoms with Crippen molar-refractivity contribution in [2.24, 2.45) is 5.92 Å². The molecule has 1 aliphatic rings. The second kappa shape index (κ2) is 8.04. The van der Waals surface area contributed by atoms with Gasteiger partial charge in [-0.2, -0.15) is 0 Å². The van der Waals surface area contributed by atoms with Gasteiger partial charge in [0.15, 0.2) is 0 Å². The van der Waals surface area contributed by atoms with Gasteiger partial charge in [-0.25, -0.2) is 4.98 Å². The highest BCUT2D eigenvalue weighted by molar-refractivity contribution is 5.75. The maximum Gasteiger partial charge on any atom is 0.221 e. The van der Waals surface area contributed by atoms with E-state index >= 15 is 0 Å². The van der Waals surface area contributed by atoms with E-state index in [2.05, 4.69) is 21.8 Å². The highest BCUT2D eigenvalue weighted by atomic mass is 16.5. The Labute approximate surface area is 120 Å². The second-order valence-electron chi connectivity index (χ2n) is 5.36. The van der Waals surface area contributed by atoms with Crippen LogP contribution in [0.4, 0.5) is 0 Å². The van der Waals surface area contributed by atoms with Gasteiger partial charge in [-0.3, -0.25) is 4.79 Å². The lowest BCUT2D eigenvalue weighted by Gasteiger charge is -2.21. The topological polar surface area (TPSA) is 56.2 Å². The standard InChI is InChI=1S/C15H25N3O2/c1-2-14-16-8-10-18(14)9-6-15(19)17-7-5-13-4-3-11-20-12-13/h8,10,13H,2-7,9,11-12H2,1H3,(H,17,19). The summed E-state index contributed by atoms with van der Waals surface area (Å²) >= 11 is 0. The molecule has 1 aromatic heterocycles. The minimum Gasteiger partial charge on any atom is -0.381 e. The van der Waals surface area contributed by atoms with E-state index in [1.807, 2.05) is 6.20 Å². The number of hydrogen-bond acceptors (Lipinski definition) is 3. The number of ether oxygens (including phenoxy) is 1. The van der Waals surface area contributed by atoms with Crippen LogP contribution in [0.5, 0.6) is 0 Å². The fourth-order valence-electron chi connectivity index (χ4n) is 2.62. The Balaban J connectivity index is 1.60. The van der Waals surface area contributed by atoms with Crippen LogP contribution in [0.3, 0.4) is 0 Å². The van der Waals surface area contributed by atoms with E-state index < -0.39 is 0 Å². The first-order chi connectivity index (χ1) is 9.79. The van der Waals surface area contributed by atoms with Crippen molar-refractivity contribution in [3.63, 3.8) is 0 Å². The Morgan fingerprint density at radius 3 is 3.25 bits per heavy atom. The van der Waals surface area contributed by atoms with Crippen molar-refractivity contribution in [1.82, 2.24) is 14.9 Å². The number of hydrogen-bond donors (Lipinski definition) is 1. The van der Waals surface area contributed by atoms with Crippen molar-refractivity contribution in [3.8, 4) is 0 Å². The van der Waals surface area contributed by atoms with E-state index in [0.29, 0.717) is 18.9 Å². The van der Waals surface area contributed by atoms with Crippen molar-refractivity contribution < 1.29 is 9.53 Å². The normalized spacial score (nSPS) is 18.9. The Kier molecular flexibility index (Phi) is 6.05. The summed E-state index contributed by atoms with van der Waals surface area (Å²) < 4.78 is 7.49. The number of carbonyl (C=O) groups is 1. The minimum atomic E-state index is 0.123. The minimum absolute atomic E-state index is 0.123. The molecule has 0 aliphatic carbocycles. The number of rotatable bonds is 7. The molecule has 1 unspecified atom stereocenters. The van der Waals surface area contributed by atoms with Gasteiger partial charge in [-0.05, 0) is 25.2 Å². The third kappa shape index (κ3) is 4.63. The smallest absolute Gasteiger partial charge is 0.221 e. The predicted octanol–water partition coefficient (Wildman–Crippen LogP) is 1.77. The quantitative estimate of drug-likeness (QED) is 0.827. The summed E-state index contributed by atoms with van der Waals surface area (Å²) in [5.74, 6) is 1.78. The van der Waals surface area contributed by atoms with Gasteiger partial charge in [-0.1, -0.05) is 6.92 Å². The summed E-state index contributed by atoms with van der Waals surface area (Å²) in [4.78, 5) is 16.1. The zero-order chi connectivity index (χ0) is 14.2. The van der Waals surface area contributed by atoms with Gasteiger partial charge in [0.05, 0.1) is 0 Å². The van der Waals surface area contributed by atoms with Crippen LogP contribution in [-0.2, 0) is 22.5 Å². The van der Waals surface area contributed by atoms with E-state index in [1.165, 1.54) is 6.42 Å². The summed E-state index contributed by atoms with van der Waals surface area (Å²) in [5.41, 5.74) is 0. The third-order valence-corrected chi connectivity index (χ3v) is 3.83. The number of nitrogens with zero attached hydrogens (tertiary/aromatic N) is 2. The molecule has 2 heterocycles. The molecule has 1 amide bonds. The van der Waals surface area contributed by atoms with Crippen LogP contribution >= 0.6 is 0 Å². The van der Waals surface area contributed by atoms with Gasteiger partial charge in [0, 0.05) is 51.5 Å². The first kappa shape index (κ1) is 15.0. The average molecular weight is 279 g/mol. The second-order valence-corrected chi connectivity index (χ2v) is 5.36. The molecule has 5 nitrogen and oxygen atoms in total. The van der Waals surface area contributed by atoms with Crippen molar-refractivity contribution in [2.75, 3.05) is 19.8 Å². The molecule has 20 heavy (non-hydrogen) atoms. The first-order valence-electron chi connectivity index (χ1n) is 7.64. The van der Waals surface area contributed by atoms with E-state index in [0.717, 1.165) is 44.8 Å². The number of aryl methyl sites for hydroxylation is 2. The molecule has 1 atom stereocenters. The molecule has 1 aliphatic heterocycles. The van der Waals surface area contributed by atoms with Crippen LogP contribution in [0.2, 0.25) is 0 Å². The van der Waals surface area contributed by atoms with E-state index in [9.17, 15) is 4.79 Å². The van der Waals surface area contributed by atoms with Crippen LogP contribution in [0, 0.1) is 5.92 Å². The lowest BCUT2D eigenvalue weighted by atomic mass is 9.99. The molecule has 2 rings (SSSR count). The fraction of sp³-hybridized carbons (Fsp3) is 0.733. The lowest BCUT2D eigenvalue weighted by molar-refractivity contribution is -0.121. The Morgan fingerprint density at radius 2 is 2.50 bits per heavy atom. The SMILES string of the molecule is CCc1nccn1CCC(=O)NCCC1CCCOC1. The molecule has 112 valence electrons. The zero-order valence-corrected chi connectivity index (χ0v) is 12.3. The van der Waals surface area contributed by atoms with Crippen LogP contribution in [0.25, 0.3) is 0 Å². The molecule has 0 radical (unpaired) electrons. The lowest BCUT2D eigenvalue weighted by Crippen LogP contribution is -2.28. The number of amides is 1. The maximum atomic E-state index is 11.8. The van der Waals surface area contributed by atoms with Crippen LogP contribution in [0.1, 0.15) is 38.4 Å². The summed E-state index contributed by atoms with van der Waals surface area (Å²) in [7, 11) is 0. The highest BCUT2D eigenvalue weighted by Gasteiger charge is 2.13. The first-order valence-corrected chi connectivity index (χ1v) is 7.64. The number of carbonyl (C=O) groups excluding carboxylic acids is 1. The third-order valence-electron chi connectivity index (χ3n) is 3.83. The van der Waals surface area contributed by atoms with Crippen LogP contribution in [-0.4, -0.2) is 35.2 Å². The molecular formula is C15H25N3O2. The molecule has 0 aromatic carbocycles. The van der Waals surface area contributed by atoms with E-state index in [4.69, 9.17) is 4.74 Å². The molecule has 0 bridgehead atoms. The van der Waals surface area contributed by atoms with Gasteiger partial charge in [0.1, 0.15) is 5.82 Å². The molecule has 1 N–H and O–H groups in total. The van der Waals surface area contributed by atoms with Gasteiger partial charge >= 0.3 is 0 Å². The molecule has 1 fully saturated rings. The highest BCUT2D eigenvalue weighted by Crippen LogP contribution is 2.16. The molecule has 5 heteroatoms. The molecule has 1 saturated heterocycles. The Hall–Kier alpha value is -1.36. The Bertz CT molecular complexity index is 411. The molecule has 1 aromatic rings. The average Bonchev–Trinajstić information content (AvgIpc) is 2.94.